The first-order valence-electron chi connectivity index (χ1n) is 7.37. The monoisotopic (exact) mass is 322 g/mol. The van der Waals surface area contributed by atoms with Gasteiger partial charge in [0.15, 0.2) is 0 Å². The van der Waals surface area contributed by atoms with Crippen LogP contribution in [0.25, 0.3) is 10.9 Å². The van der Waals surface area contributed by atoms with Gasteiger partial charge in [-0.1, -0.05) is 36.4 Å². The van der Waals surface area contributed by atoms with Crippen LogP contribution >= 0.6 is 0 Å². The second-order valence-corrected chi connectivity index (χ2v) is 5.16. The topological polar surface area (TPSA) is 91.7 Å². The molecule has 0 fully saturated rings. The average molecular weight is 322 g/mol. The van der Waals surface area contributed by atoms with E-state index in [1.807, 2.05) is 30.3 Å². The van der Waals surface area contributed by atoms with Gasteiger partial charge >= 0.3 is 7.32 Å². The Morgan fingerprint density at radius 1 is 1.04 bits per heavy atom. The molecule has 0 aliphatic carbocycles. The third-order valence-corrected chi connectivity index (χ3v) is 3.45. The highest BCUT2D eigenvalue weighted by atomic mass is 16.6. The van der Waals surface area contributed by atoms with Crippen LogP contribution in [0.5, 0.6) is 5.75 Å². The minimum Gasteiger partial charge on any atom is -0.512 e. The molecule has 6 nitrogen and oxygen atoms in total. The lowest BCUT2D eigenvalue weighted by atomic mass is 10.2. The van der Waals surface area contributed by atoms with E-state index < -0.39 is 7.32 Å². The molecule has 0 atom stereocenters. The van der Waals surface area contributed by atoms with Crippen LogP contribution in [0.3, 0.4) is 0 Å². The summed E-state index contributed by atoms with van der Waals surface area (Å²) < 4.78 is 4.72. The Bertz CT molecular complexity index is 853. The number of aromatic nitrogens is 1. The summed E-state index contributed by atoms with van der Waals surface area (Å²) in [5.41, 5.74) is 1.98. The zero-order valence-electron chi connectivity index (χ0n) is 12.7. The lowest BCUT2D eigenvalue weighted by molar-refractivity contribution is 0.0946. The summed E-state index contributed by atoms with van der Waals surface area (Å²) in [7, 11) is -1.85. The van der Waals surface area contributed by atoms with Crippen molar-refractivity contribution in [2.24, 2.45) is 0 Å². The molecule has 7 heteroatoms. The van der Waals surface area contributed by atoms with Crippen molar-refractivity contribution in [3.05, 3.63) is 71.9 Å². The molecular weight excluding hydrogens is 307 g/mol. The van der Waals surface area contributed by atoms with Crippen molar-refractivity contribution in [3.8, 4) is 5.75 Å². The fourth-order valence-electron chi connectivity index (χ4n) is 2.27. The first-order valence-corrected chi connectivity index (χ1v) is 7.37. The Labute approximate surface area is 138 Å². The number of pyridine rings is 1. The standard InChI is InChI=1S/C17H15BN2O4/c21-17(16-10-7-13-3-1-2-4-15(13)20-16)19-11-12-5-8-14(9-6-12)24-18(22)23/h1-10,22-23H,11H2,(H,19,21). The molecule has 3 rings (SSSR count). The summed E-state index contributed by atoms with van der Waals surface area (Å²) in [5.74, 6) is 0.0723. The van der Waals surface area contributed by atoms with Gasteiger partial charge in [-0.2, -0.15) is 0 Å². The first-order chi connectivity index (χ1) is 11.6. The van der Waals surface area contributed by atoms with E-state index in [2.05, 4.69) is 10.3 Å². The smallest absolute Gasteiger partial charge is 0.512 e. The van der Waals surface area contributed by atoms with Gasteiger partial charge < -0.3 is 20.0 Å². The predicted octanol–water partition coefficient (Wildman–Crippen LogP) is 1.51. The number of carbonyl (C=O) groups excluding carboxylic acids is 1. The van der Waals surface area contributed by atoms with Crippen LogP contribution in [0.2, 0.25) is 0 Å². The van der Waals surface area contributed by atoms with Gasteiger partial charge in [0.25, 0.3) is 5.91 Å². The van der Waals surface area contributed by atoms with Crippen molar-refractivity contribution < 1.29 is 19.5 Å². The van der Waals surface area contributed by atoms with Gasteiger partial charge in [-0.05, 0) is 29.8 Å². The molecule has 1 aromatic heterocycles. The molecule has 0 bridgehead atoms. The van der Waals surface area contributed by atoms with E-state index in [0.717, 1.165) is 16.5 Å². The van der Waals surface area contributed by atoms with Crippen molar-refractivity contribution in [1.82, 2.24) is 10.3 Å². The minimum absolute atomic E-state index is 0.258. The van der Waals surface area contributed by atoms with Crippen molar-refractivity contribution >= 4 is 24.1 Å². The maximum atomic E-state index is 12.2. The third kappa shape index (κ3) is 3.89. The Hall–Kier alpha value is -2.90. The molecule has 120 valence electrons. The number of fused-ring (bicyclic) bond motifs is 1. The molecular formula is C17H15BN2O4. The first kappa shape index (κ1) is 16.0. The van der Waals surface area contributed by atoms with E-state index in [1.165, 1.54) is 0 Å². The van der Waals surface area contributed by atoms with Crippen LogP contribution in [0.1, 0.15) is 16.1 Å². The van der Waals surface area contributed by atoms with Gasteiger partial charge in [-0.3, -0.25) is 4.79 Å². The molecule has 0 saturated carbocycles. The highest BCUT2D eigenvalue weighted by Crippen LogP contribution is 2.13. The molecule has 3 aromatic rings. The van der Waals surface area contributed by atoms with Crippen LogP contribution in [0.4, 0.5) is 0 Å². The van der Waals surface area contributed by atoms with E-state index in [1.54, 1.807) is 30.3 Å². The zero-order chi connectivity index (χ0) is 16.9. The van der Waals surface area contributed by atoms with Crippen LogP contribution < -0.4 is 9.97 Å². The molecule has 1 heterocycles. The van der Waals surface area contributed by atoms with E-state index >= 15 is 0 Å². The summed E-state index contributed by atoms with van der Waals surface area (Å²) >= 11 is 0. The second-order valence-electron chi connectivity index (χ2n) is 5.16. The predicted molar refractivity (Wildman–Crippen MR) is 90.2 cm³/mol. The SMILES string of the molecule is O=C(NCc1ccc(OB(O)O)cc1)c1ccc2ccccc2n1. The van der Waals surface area contributed by atoms with Crippen LogP contribution in [-0.2, 0) is 6.54 Å². The van der Waals surface area contributed by atoms with Gasteiger partial charge in [-0.25, -0.2) is 4.98 Å². The number of para-hydroxylation sites is 1. The van der Waals surface area contributed by atoms with E-state index in [9.17, 15) is 4.79 Å². The molecule has 24 heavy (non-hydrogen) atoms. The third-order valence-electron chi connectivity index (χ3n) is 3.45. The summed E-state index contributed by atoms with van der Waals surface area (Å²) in [4.78, 5) is 16.6. The fraction of sp³-hybridized carbons (Fsp3) is 0.0588. The number of rotatable bonds is 5. The van der Waals surface area contributed by atoms with Crippen LogP contribution in [0.15, 0.2) is 60.7 Å². The largest absolute Gasteiger partial charge is 0.707 e. The van der Waals surface area contributed by atoms with Gasteiger partial charge in [0.2, 0.25) is 0 Å². The molecule has 0 saturated heterocycles. The van der Waals surface area contributed by atoms with E-state index in [4.69, 9.17) is 14.7 Å². The lowest BCUT2D eigenvalue weighted by Crippen LogP contribution is -2.24. The van der Waals surface area contributed by atoms with Crippen LogP contribution in [0, 0.1) is 0 Å². The summed E-state index contributed by atoms with van der Waals surface area (Å²) in [6, 6.07) is 17.8. The van der Waals surface area contributed by atoms with Crippen LogP contribution in [-0.4, -0.2) is 28.3 Å². The molecule has 3 N–H and O–H groups in total. The van der Waals surface area contributed by atoms with E-state index in [-0.39, 0.29) is 5.91 Å². The fourth-order valence-corrected chi connectivity index (χ4v) is 2.27. The molecule has 0 spiro atoms. The maximum absolute atomic E-state index is 12.2. The number of carbonyl (C=O) groups is 1. The summed E-state index contributed by atoms with van der Waals surface area (Å²) in [6.07, 6.45) is 0. The number of hydrogen-bond donors (Lipinski definition) is 3. The van der Waals surface area contributed by atoms with Gasteiger partial charge in [0.05, 0.1) is 5.52 Å². The highest BCUT2D eigenvalue weighted by Gasteiger charge is 2.11. The van der Waals surface area contributed by atoms with Crippen molar-refractivity contribution in [1.29, 1.82) is 0 Å². The Morgan fingerprint density at radius 3 is 2.54 bits per heavy atom. The quantitative estimate of drug-likeness (QED) is 0.620. The van der Waals surface area contributed by atoms with Crippen molar-refractivity contribution in [2.45, 2.75) is 6.54 Å². The number of benzene rings is 2. The number of amides is 1. The Balaban J connectivity index is 1.63. The van der Waals surface area contributed by atoms with Crippen molar-refractivity contribution in [3.63, 3.8) is 0 Å². The lowest BCUT2D eigenvalue weighted by Gasteiger charge is -2.08. The molecule has 0 aliphatic heterocycles. The summed E-state index contributed by atoms with van der Waals surface area (Å²) in [5, 5.41) is 21.2. The maximum Gasteiger partial charge on any atom is 0.707 e. The summed E-state index contributed by atoms with van der Waals surface area (Å²) in [6.45, 7) is 0.329. The Kier molecular flexibility index (Phi) is 4.74. The zero-order valence-corrected chi connectivity index (χ0v) is 12.7. The molecule has 0 unspecified atom stereocenters. The molecule has 1 amide bonds. The number of hydrogen-bond acceptors (Lipinski definition) is 5. The second kappa shape index (κ2) is 7.12. The number of nitrogens with one attached hydrogen (secondary N) is 1. The molecule has 0 radical (unpaired) electrons. The Morgan fingerprint density at radius 2 is 1.79 bits per heavy atom. The van der Waals surface area contributed by atoms with E-state index in [0.29, 0.717) is 18.0 Å². The molecule has 2 aromatic carbocycles. The number of nitrogens with zero attached hydrogens (tertiary/aromatic N) is 1. The average Bonchev–Trinajstić information content (AvgIpc) is 2.60. The molecule has 0 aliphatic rings. The van der Waals surface area contributed by atoms with Crippen molar-refractivity contribution in [2.75, 3.05) is 0 Å². The van der Waals surface area contributed by atoms with Gasteiger partial charge in [0.1, 0.15) is 11.4 Å². The van der Waals surface area contributed by atoms with Gasteiger partial charge in [0, 0.05) is 11.9 Å². The van der Waals surface area contributed by atoms with Gasteiger partial charge in [-0.15, -0.1) is 0 Å². The highest BCUT2D eigenvalue weighted by molar-refractivity contribution is 6.33. The normalized spacial score (nSPS) is 10.4. The minimum atomic E-state index is -1.85.